The minimum atomic E-state index is -4.80. The number of piperazine rings is 1. The van der Waals surface area contributed by atoms with E-state index in [2.05, 4.69) is 4.99 Å². The minimum absolute atomic E-state index is 0.00498. The Hall–Kier alpha value is -3.77. The smallest absolute Gasteiger partial charge is 0.370 e. The van der Waals surface area contributed by atoms with Gasteiger partial charge >= 0.3 is 12.4 Å². The number of alkyl halides is 6. The second-order valence-corrected chi connectivity index (χ2v) is 7.43. The fourth-order valence-corrected chi connectivity index (χ4v) is 3.52. The van der Waals surface area contributed by atoms with E-state index in [0.717, 1.165) is 30.3 Å². The molecule has 2 aromatic carbocycles. The normalized spacial score (nSPS) is 14.6. The Morgan fingerprint density at radius 1 is 0.824 bits per heavy atom. The number of hydrogen-bond donors (Lipinski definition) is 2. The SMILES string of the molecule is NC(N)=NC(=O)c1ccc(N2CCN(C(=O)c3cccc(C(F)(F)F)c3)CC2)c(C(F)(F)F)c1. The quantitative estimate of drug-likeness (QED) is 0.393. The third-order valence-electron chi connectivity index (χ3n) is 5.12. The number of aliphatic imine (C=N–C) groups is 1. The first-order valence-electron chi connectivity index (χ1n) is 9.84. The Kier molecular flexibility index (Phi) is 6.75. The van der Waals surface area contributed by atoms with Gasteiger partial charge in [-0.3, -0.25) is 9.59 Å². The van der Waals surface area contributed by atoms with E-state index in [0.29, 0.717) is 6.07 Å². The number of amides is 2. The molecule has 1 aliphatic rings. The average Bonchev–Trinajstić information content (AvgIpc) is 2.77. The van der Waals surface area contributed by atoms with Crippen LogP contribution >= 0.6 is 0 Å². The van der Waals surface area contributed by atoms with Gasteiger partial charge in [0.05, 0.1) is 11.1 Å². The third kappa shape index (κ3) is 5.58. The van der Waals surface area contributed by atoms with Crippen molar-refractivity contribution in [3.63, 3.8) is 0 Å². The molecule has 1 heterocycles. The van der Waals surface area contributed by atoms with Crippen molar-refractivity contribution in [2.45, 2.75) is 12.4 Å². The van der Waals surface area contributed by atoms with Gasteiger partial charge in [0.15, 0.2) is 5.96 Å². The van der Waals surface area contributed by atoms with Crippen molar-refractivity contribution in [1.82, 2.24) is 4.90 Å². The van der Waals surface area contributed by atoms with Crippen LogP contribution in [0.2, 0.25) is 0 Å². The minimum Gasteiger partial charge on any atom is -0.370 e. The summed E-state index contributed by atoms with van der Waals surface area (Å²) in [5.41, 5.74) is 7.41. The molecule has 0 spiro atoms. The number of halogens is 6. The maximum atomic E-state index is 13.7. The van der Waals surface area contributed by atoms with Crippen LogP contribution in [0.15, 0.2) is 47.5 Å². The summed E-state index contributed by atoms with van der Waals surface area (Å²) in [7, 11) is 0. The summed E-state index contributed by atoms with van der Waals surface area (Å²) >= 11 is 0. The lowest BCUT2D eigenvalue weighted by Crippen LogP contribution is -2.49. The van der Waals surface area contributed by atoms with Gasteiger partial charge in [-0.05, 0) is 36.4 Å². The molecule has 7 nitrogen and oxygen atoms in total. The van der Waals surface area contributed by atoms with Gasteiger partial charge in [-0.2, -0.15) is 31.3 Å². The van der Waals surface area contributed by atoms with Gasteiger partial charge in [0.25, 0.3) is 11.8 Å². The molecule has 0 aliphatic carbocycles. The Morgan fingerprint density at radius 3 is 2.03 bits per heavy atom. The number of nitrogens with zero attached hydrogens (tertiary/aromatic N) is 3. The number of anilines is 1. The fraction of sp³-hybridized carbons (Fsp3) is 0.286. The molecule has 13 heteroatoms. The lowest BCUT2D eigenvalue weighted by molar-refractivity contribution is -0.138. The molecular formula is C21H19F6N5O2. The Bertz CT molecular complexity index is 1120. The van der Waals surface area contributed by atoms with E-state index in [1.54, 1.807) is 0 Å². The van der Waals surface area contributed by atoms with Crippen LogP contribution in [0.4, 0.5) is 32.0 Å². The fourth-order valence-electron chi connectivity index (χ4n) is 3.52. The maximum absolute atomic E-state index is 13.7. The number of hydrogen-bond acceptors (Lipinski definition) is 3. The number of benzene rings is 2. The van der Waals surface area contributed by atoms with Gasteiger partial charge in [-0.1, -0.05) is 6.07 Å². The number of carbonyl (C=O) groups is 2. The largest absolute Gasteiger partial charge is 0.418 e. The Balaban J connectivity index is 1.79. The van der Waals surface area contributed by atoms with Crippen molar-refractivity contribution in [3.05, 3.63) is 64.7 Å². The predicted octanol–water partition coefficient (Wildman–Crippen LogP) is 3.10. The van der Waals surface area contributed by atoms with Crippen LogP contribution in [0.5, 0.6) is 0 Å². The molecule has 34 heavy (non-hydrogen) atoms. The van der Waals surface area contributed by atoms with E-state index >= 15 is 0 Å². The molecule has 0 radical (unpaired) electrons. The lowest BCUT2D eigenvalue weighted by atomic mass is 10.1. The summed E-state index contributed by atoms with van der Waals surface area (Å²) in [5.74, 6) is -2.28. The zero-order chi connectivity index (χ0) is 25.3. The molecular weight excluding hydrogens is 468 g/mol. The van der Waals surface area contributed by atoms with Crippen molar-refractivity contribution in [3.8, 4) is 0 Å². The third-order valence-corrected chi connectivity index (χ3v) is 5.12. The highest BCUT2D eigenvalue weighted by Crippen LogP contribution is 2.38. The highest BCUT2D eigenvalue weighted by Gasteiger charge is 2.37. The highest BCUT2D eigenvalue weighted by atomic mass is 19.4. The van der Waals surface area contributed by atoms with Gasteiger partial charge in [0, 0.05) is 43.0 Å². The Labute approximate surface area is 189 Å². The first-order valence-corrected chi connectivity index (χ1v) is 9.84. The van der Waals surface area contributed by atoms with Gasteiger partial charge in [-0.15, -0.1) is 0 Å². The molecule has 1 fully saturated rings. The standard InChI is InChI=1S/C21H19F6N5O2/c22-20(23,24)14-3-1-2-13(10-14)18(34)32-8-6-31(7-9-32)16-5-4-12(17(33)30-19(28)29)11-15(16)21(25,26)27/h1-5,10-11H,6-9H2,(H4,28,29,30,33). The molecule has 182 valence electrons. The molecule has 0 atom stereocenters. The van der Waals surface area contributed by atoms with E-state index < -0.39 is 41.3 Å². The molecule has 3 rings (SSSR count). The van der Waals surface area contributed by atoms with Crippen LogP contribution in [-0.4, -0.2) is 48.9 Å². The Morgan fingerprint density at radius 2 is 1.47 bits per heavy atom. The van der Waals surface area contributed by atoms with E-state index in [4.69, 9.17) is 11.5 Å². The van der Waals surface area contributed by atoms with Crippen molar-refractivity contribution in [2.75, 3.05) is 31.1 Å². The van der Waals surface area contributed by atoms with Crippen LogP contribution in [-0.2, 0) is 12.4 Å². The average molecular weight is 487 g/mol. The summed E-state index contributed by atoms with van der Waals surface area (Å²) < 4.78 is 79.8. The summed E-state index contributed by atoms with van der Waals surface area (Å²) in [6, 6.07) is 6.86. The topological polar surface area (TPSA) is 105 Å². The first-order chi connectivity index (χ1) is 15.8. The van der Waals surface area contributed by atoms with Crippen LogP contribution < -0.4 is 16.4 Å². The molecule has 0 aromatic heterocycles. The maximum Gasteiger partial charge on any atom is 0.418 e. The number of guanidine groups is 1. The van der Waals surface area contributed by atoms with Gasteiger partial charge < -0.3 is 21.3 Å². The van der Waals surface area contributed by atoms with Gasteiger partial charge in [0.1, 0.15) is 0 Å². The molecule has 2 amide bonds. The monoisotopic (exact) mass is 487 g/mol. The van der Waals surface area contributed by atoms with Gasteiger partial charge in [-0.25, -0.2) is 0 Å². The molecule has 0 unspecified atom stereocenters. The van der Waals surface area contributed by atoms with Crippen molar-refractivity contribution in [1.29, 1.82) is 0 Å². The van der Waals surface area contributed by atoms with Crippen LogP contribution in [0, 0.1) is 0 Å². The zero-order valence-corrected chi connectivity index (χ0v) is 17.5. The molecule has 4 N–H and O–H groups in total. The van der Waals surface area contributed by atoms with E-state index in [1.807, 2.05) is 0 Å². The van der Waals surface area contributed by atoms with Crippen molar-refractivity contribution >= 4 is 23.5 Å². The predicted molar refractivity (Wildman–Crippen MR) is 111 cm³/mol. The summed E-state index contributed by atoms with van der Waals surface area (Å²) in [4.78, 5) is 30.4. The van der Waals surface area contributed by atoms with E-state index in [1.165, 1.54) is 15.9 Å². The molecule has 0 saturated carbocycles. The molecule has 1 saturated heterocycles. The molecule has 0 bridgehead atoms. The second kappa shape index (κ2) is 9.23. The van der Waals surface area contributed by atoms with Crippen molar-refractivity contribution < 1.29 is 35.9 Å². The van der Waals surface area contributed by atoms with Crippen LogP contribution in [0.3, 0.4) is 0 Å². The summed E-state index contributed by atoms with van der Waals surface area (Å²) in [5, 5.41) is 0. The number of nitrogens with two attached hydrogens (primary N) is 2. The van der Waals surface area contributed by atoms with E-state index in [-0.39, 0.29) is 43.0 Å². The molecule has 1 aliphatic heterocycles. The number of rotatable bonds is 3. The lowest BCUT2D eigenvalue weighted by Gasteiger charge is -2.37. The van der Waals surface area contributed by atoms with Crippen LogP contribution in [0.25, 0.3) is 0 Å². The van der Waals surface area contributed by atoms with Crippen molar-refractivity contribution in [2.24, 2.45) is 16.5 Å². The number of carbonyl (C=O) groups excluding carboxylic acids is 2. The van der Waals surface area contributed by atoms with E-state index in [9.17, 15) is 35.9 Å². The molecule has 2 aromatic rings. The van der Waals surface area contributed by atoms with Crippen LogP contribution in [0.1, 0.15) is 31.8 Å². The second-order valence-electron chi connectivity index (χ2n) is 7.43. The van der Waals surface area contributed by atoms with Gasteiger partial charge in [0.2, 0.25) is 0 Å². The first kappa shape index (κ1) is 24.9. The highest BCUT2D eigenvalue weighted by molar-refractivity contribution is 6.02. The summed E-state index contributed by atoms with van der Waals surface area (Å²) in [6.07, 6.45) is -9.41. The zero-order valence-electron chi connectivity index (χ0n) is 17.5. The summed E-state index contributed by atoms with van der Waals surface area (Å²) in [6.45, 7) is -0.0356.